The topological polar surface area (TPSA) is 79.0 Å². The van der Waals surface area contributed by atoms with Crippen molar-refractivity contribution in [3.63, 3.8) is 0 Å². The van der Waals surface area contributed by atoms with Crippen molar-refractivity contribution >= 4 is 17.7 Å². The highest BCUT2D eigenvalue weighted by molar-refractivity contribution is 6.05. The Kier molecular flexibility index (Phi) is 7.64. The van der Waals surface area contributed by atoms with Gasteiger partial charge in [0.05, 0.1) is 0 Å². The van der Waals surface area contributed by atoms with Crippen LogP contribution in [0.2, 0.25) is 0 Å². The number of imide groups is 1. The van der Waals surface area contributed by atoms with E-state index in [4.69, 9.17) is 4.74 Å². The van der Waals surface area contributed by atoms with Crippen LogP contribution in [0.25, 0.3) is 0 Å². The minimum absolute atomic E-state index is 0.0302. The van der Waals surface area contributed by atoms with Crippen molar-refractivity contribution in [3.8, 4) is 5.75 Å². The number of amides is 3. The number of hydrogen-bond donors (Lipinski definition) is 1. The summed E-state index contributed by atoms with van der Waals surface area (Å²) in [6.45, 7) is 2.04. The molecule has 0 spiro atoms. The summed E-state index contributed by atoms with van der Waals surface area (Å²) in [5.74, 6) is -0.0796. The van der Waals surface area contributed by atoms with Crippen molar-refractivity contribution in [2.75, 3.05) is 0 Å². The summed E-state index contributed by atoms with van der Waals surface area (Å²) in [7, 11) is 0. The number of ether oxygens (including phenoxy) is 1. The average Bonchev–Trinajstić information content (AvgIpc) is 3.29. The van der Waals surface area contributed by atoms with Gasteiger partial charge in [0.2, 0.25) is 11.8 Å². The summed E-state index contributed by atoms with van der Waals surface area (Å²) in [4.78, 5) is 41.3. The molecular weight excluding hydrogens is 502 g/mol. The highest BCUT2D eigenvalue weighted by atomic mass is 16.5. The summed E-state index contributed by atoms with van der Waals surface area (Å²) in [5, 5.41) is 2.37. The molecule has 3 aromatic rings. The Hall–Kier alpha value is -3.97. The Labute approximate surface area is 235 Å². The lowest BCUT2D eigenvalue weighted by molar-refractivity contribution is -0.136. The normalized spacial score (nSPS) is 22.8. The number of carbonyl (C=O) groups is 3. The molecule has 3 amide bonds. The van der Waals surface area contributed by atoms with E-state index in [1.165, 1.54) is 17.5 Å². The van der Waals surface area contributed by atoms with Crippen LogP contribution in [0.1, 0.15) is 65.6 Å². The van der Waals surface area contributed by atoms with Crippen molar-refractivity contribution in [1.82, 2.24) is 15.1 Å². The Morgan fingerprint density at radius 1 is 0.825 bits per heavy atom. The second kappa shape index (κ2) is 11.6. The number of piperidine rings is 1. The first-order valence-corrected chi connectivity index (χ1v) is 14.3. The molecule has 2 heterocycles. The first kappa shape index (κ1) is 26.3. The fourth-order valence-corrected chi connectivity index (χ4v) is 6.36. The van der Waals surface area contributed by atoms with Gasteiger partial charge in [-0.2, -0.15) is 0 Å². The van der Waals surface area contributed by atoms with Gasteiger partial charge in [-0.15, -0.1) is 0 Å². The van der Waals surface area contributed by atoms with Gasteiger partial charge in [0, 0.05) is 37.7 Å². The molecule has 1 saturated carbocycles. The van der Waals surface area contributed by atoms with Crippen LogP contribution in [0.15, 0.2) is 78.9 Å². The van der Waals surface area contributed by atoms with Crippen LogP contribution in [0.5, 0.6) is 5.75 Å². The summed E-state index contributed by atoms with van der Waals surface area (Å²) in [5.41, 5.74) is 4.04. The molecular formula is C33H35N3O4. The molecule has 0 radical (unpaired) electrons. The molecule has 7 heteroatoms. The Bertz CT molecular complexity index is 1340. The van der Waals surface area contributed by atoms with E-state index in [0.29, 0.717) is 18.5 Å². The minimum atomic E-state index is -0.616. The van der Waals surface area contributed by atoms with Crippen molar-refractivity contribution in [2.45, 2.75) is 76.3 Å². The molecule has 40 heavy (non-hydrogen) atoms. The lowest BCUT2D eigenvalue weighted by atomic mass is 9.90. The summed E-state index contributed by atoms with van der Waals surface area (Å²) < 4.78 is 6.71. The van der Waals surface area contributed by atoms with Crippen LogP contribution < -0.4 is 10.1 Å². The number of carbonyl (C=O) groups excluding carboxylic acids is 3. The van der Waals surface area contributed by atoms with Crippen LogP contribution in [0, 0.1) is 0 Å². The first-order valence-electron chi connectivity index (χ1n) is 14.3. The van der Waals surface area contributed by atoms with Crippen LogP contribution in [-0.4, -0.2) is 45.7 Å². The van der Waals surface area contributed by atoms with Gasteiger partial charge >= 0.3 is 0 Å². The fourth-order valence-electron chi connectivity index (χ4n) is 6.36. The SMILES string of the molecule is O=C1CCC(N2Cc3cc(O[C@@H]4CCCC[C@H]4N(Cc4ccccc4)Cc4ccccc4)ccc3C2=O)C(=O)N1. The predicted octanol–water partition coefficient (Wildman–Crippen LogP) is 4.84. The predicted molar refractivity (Wildman–Crippen MR) is 151 cm³/mol. The second-order valence-corrected chi connectivity index (χ2v) is 11.1. The van der Waals surface area contributed by atoms with E-state index in [-0.39, 0.29) is 30.4 Å². The summed E-state index contributed by atoms with van der Waals surface area (Å²) in [6.07, 6.45) is 4.97. The number of nitrogens with one attached hydrogen (secondary N) is 1. The lowest BCUT2D eigenvalue weighted by Gasteiger charge is -2.40. The maximum absolute atomic E-state index is 13.1. The van der Waals surface area contributed by atoms with Gasteiger partial charge in [-0.1, -0.05) is 67.1 Å². The molecule has 1 N–H and O–H groups in total. The number of fused-ring (bicyclic) bond motifs is 1. The third-order valence-corrected chi connectivity index (χ3v) is 8.38. The number of nitrogens with zero attached hydrogens (tertiary/aromatic N) is 2. The zero-order valence-corrected chi connectivity index (χ0v) is 22.6. The zero-order chi connectivity index (χ0) is 27.5. The quantitative estimate of drug-likeness (QED) is 0.416. The van der Waals surface area contributed by atoms with Crippen molar-refractivity contribution in [1.29, 1.82) is 0 Å². The fraction of sp³-hybridized carbons (Fsp3) is 0.364. The highest BCUT2D eigenvalue weighted by Gasteiger charge is 2.39. The van der Waals surface area contributed by atoms with Gasteiger partial charge in [-0.25, -0.2) is 0 Å². The largest absolute Gasteiger partial charge is 0.489 e. The van der Waals surface area contributed by atoms with Crippen LogP contribution in [0.4, 0.5) is 0 Å². The molecule has 1 aliphatic carbocycles. The van der Waals surface area contributed by atoms with E-state index in [2.05, 4.69) is 70.9 Å². The molecule has 7 nitrogen and oxygen atoms in total. The molecule has 1 unspecified atom stereocenters. The molecule has 0 bridgehead atoms. The molecule has 3 aromatic carbocycles. The number of rotatable bonds is 8. The maximum atomic E-state index is 13.1. The summed E-state index contributed by atoms with van der Waals surface area (Å²) in [6, 6.07) is 26.5. The molecule has 1 saturated heterocycles. The Balaban J connectivity index is 1.20. The van der Waals surface area contributed by atoms with Gasteiger partial charge in [-0.05, 0) is 60.6 Å². The third kappa shape index (κ3) is 5.65. The smallest absolute Gasteiger partial charge is 0.255 e. The highest BCUT2D eigenvalue weighted by Crippen LogP contribution is 2.33. The standard InChI is InChI=1S/C33H35N3O4/c37-31-18-17-29(32(38)34-31)36-22-25-19-26(15-16-27(25)33(36)39)40-30-14-8-7-13-28(30)35(20-23-9-3-1-4-10-23)21-24-11-5-2-6-12-24/h1-6,9-12,15-16,19,28-30H,7-8,13-14,17-18,20-22H2,(H,34,37,38)/t28-,29?,30-/m1/s1. The van der Waals surface area contributed by atoms with Crippen LogP contribution in [-0.2, 0) is 29.2 Å². The maximum Gasteiger partial charge on any atom is 0.255 e. The van der Waals surface area contributed by atoms with Crippen molar-refractivity contribution in [3.05, 3.63) is 101 Å². The van der Waals surface area contributed by atoms with E-state index in [9.17, 15) is 14.4 Å². The van der Waals surface area contributed by atoms with E-state index in [1.807, 2.05) is 18.2 Å². The van der Waals surface area contributed by atoms with E-state index in [0.717, 1.165) is 43.7 Å². The first-order chi connectivity index (χ1) is 19.5. The van der Waals surface area contributed by atoms with Gasteiger partial charge < -0.3 is 9.64 Å². The zero-order valence-electron chi connectivity index (χ0n) is 22.6. The van der Waals surface area contributed by atoms with E-state index in [1.54, 1.807) is 4.90 Å². The second-order valence-electron chi connectivity index (χ2n) is 11.1. The van der Waals surface area contributed by atoms with Gasteiger partial charge in [0.25, 0.3) is 5.91 Å². The molecule has 3 atom stereocenters. The van der Waals surface area contributed by atoms with Crippen LogP contribution >= 0.6 is 0 Å². The van der Waals surface area contributed by atoms with E-state index < -0.39 is 11.9 Å². The molecule has 6 rings (SSSR count). The minimum Gasteiger partial charge on any atom is -0.489 e. The van der Waals surface area contributed by atoms with Gasteiger partial charge in [-0.3, -0.25) is 24.6 Å². The van der Waals surface area contributed by atoms with Gasteiger partial charge in [0.1, 0.15) is 17.9 Å². The number of benzene rings is 3. The Morgan fingerprint density at radius 2 is 1.50 bits per heavy atom. The van der Waals surface area contributed by atoms with Crippen molar-refractivity contribution < 1.29 is 19.1 Å². The van der Waals surface area contributed by atoms with E-state index >= 15 is 0 Å². The van der Waals surface area contributed by atoms with Crippen LogP contribution in [0.3, 0.4) is 0 Å². The number of hydrogen-bond acceptors (Lipinski definition) is 5. The Morgan fingerprint density at radius 3 is 2.17 bits per heavy atom. The molecule has 2 fully saturated rings. The molecule has 206 valence electrons. The third-order valence-electron chi connectivity index (χ3n) is 8.38. The van der Waals surface area contributed by atoms with Crippen molar-refractivity contribution in [2.24, 2.45) is 0 Å². The molecule has 2 aliphatic heterocycles. The average molecular weight is 538 g/mol. The monoisotopic (exact) mass is 537 g/mol. The lowest BCUT2D eigenvalue weighted by Crippen LogP contribution is -2.52. The van der Waals surface area contributed by atoms with Gasteiger partial charge in [0.15, 0.2) is 0 Å². The molecule has 0 aromatic heterocycles. The molecule has 3 aliphatic rings. The summed E-state index contributed by atoms with van der Waals surface area (Å²) >= 11 is 0.